The predicted octanol–water partition coefficient (Wildman–Crippen LogP) is 3.21. The second-order valence-electron chi connectivity index (χ2n) is 6.95. The number of halogens is 1. The van der Waals surface area contributed by atoms with E-state index in [1.54, 1.807) is 13.0 Å². The van der Waals surface area contributed by atoms with E-state index in [4.69, 9.17) is 10.5 Å². The van der Waals surface area contributed by atoms with Gasteiger partial charge in [0.2, 0.25) is 5.95 Å². The smallest absolute Gasteiger partial charge is 0.220 e. The molecule has 5 nitrogen and oxygen atoms in total. The average molecular weight is 341 g/mol. The van der Waals surface area contributed by atoms with E-state index >= 15 is 0 Å². The van der Waals surface area contributed by atoms with Crippen LogP contribution < -0.4 is 10.5 Å². The minimum absolute atomic E-state index is 0.00113. The molecule has 2 aromatic rings. The number of nitrogens with zero attached hydrogens (tertiary/aromatic N) is 2. The first-order valence-electron chi connectivity index (χ1n) is 8.59. The van der Waals surface area contributed by atoms with Crippen molar-refractivity contribution in [3.63, 3.8) is 0 Å². The number of ketones is 1. The van der Waals surface area contributed by atoms with E-state index in [1.165, 1.54) is 12.1 Å². The number of anilines is 1. The fourth-order valence-corrected chi connectivity index (χ4v) is 3.48. The molecule has 0 bridgehead atoms. The van der Waals surface area contributed by atoms with Crippen LogP contribution in [0.5, 0.6) is 5.75 Å². The van der Waals surface area contributed by atoms with Gasteiger partial charge in [-0.3, -0.25) is 4.79 Å². The molecule has 1 fully saturated rings. The molecule has 130 valence electrons. The van der Waals surface area contributed by atoms with Gasteiger partial charge in [0.15, 0.2) is 5.78 Å². The second kappa shape index (κ2) is 6.10. The second-order valence-corrected chi connectivity index (χ2v) is 6.95. The molecule has 0 radical (unpaired) electrons. The molecule has 1 aromatic carbocycles. The minimum Gasteiger partial charge on any atom is -0.493 e. The monoisotopic (exact) mass is 341 g/mol. The zero-order valence-electron chi connectivity index (χ0n) is 14.1. The van der Waals surface area contributed by atoms with Gasteiger partial charge in [-0.25, -0.2) is 14.4 Å². The van der Waals surface area contributed by atoms with Crippen LogP contribution in [0, 0.1) is 18.7 Å². The number of ether oxygens (including phenoxy) is 1. The summed E-state index contributed by atoms with van der Waals surface area (Å²) in [4.78, 5) is 21.0. The molecular weight excluding hydrogens is 321 g/mol. The molecule has 2 N–H and O–H groups in total. The maximum Gasteiger partial charge on any atom is 0.220 e. The number of aryl methyl sites for hydroxylation is 1. The van der Waals surface area contributed by atoms with E-state index in [0.717, 1.165) is 18.4 Å². The van der Waals surface area contributed by atoms with Crippen molar-refractivity contribution >= 4 is 11.7 Å². The van der Waals surface area contributed by atoms with Crippen molar-refractivity contribution in [1.82, 2.24) is 9.97 Å². The van der Waals surface area contributed by atoms with Gasteiger partial charge in [-0.05, 0) is 43.7 Å². The van der Waals surface area contributed by atoms with Crippen LogP contribution in [0.4, 0.5) is 10.3 Å². The van der Waals surface area contributed by atoms with E-state index in [0.29, 0.717) is 48.1 Å². The number of rotatable bonds is 4. The number of hydrogen-bond donors (Lipinski definition) is 1. The van der Waals surface area contributed by atoms with Gasteiger partial charge in [0.05, 0.1) is 23.6 Å². The Morgan fingerprint density at radius 1 is 1.28 bits per heavy atom. The summed E-state index contributed by atoms with van der Waals surface area (Å²) >= 11 is 0. The highest BCUT2D eigenvalue weighted by Gasteiger charge is 2.31. The third kappa shape index (κ3) is 3.21. The fourth-order valence-electron chi connectivity index (χ4n) is 3.48. The SMILES string of the molecule is Cc1nc(N)nc2c1C(=O)CC(c1ccc(F)cc1OCC1CC1)C2. The highest BCUT2D eigenvalue weighted by molar-refractivity contribution is 5.99. The lowest BCUT2D eigenvalue weighted by atomic mass is 9.81. The number of carbonyl (C=O) groups excluding carboxylic acids is 1. The van der Waals surface area contributed by atoms with Crippen molar-refractivity contribution in [1.29, 1.82) is 0 Å². The summed E-state index contributed by atoms with van der Waals surface area (Å²) in [6.45, 7) is 2.37. The Morgan fingerprint density at radius 3 is 2.84 bits per heavy atom. The maximum atomic E-state index is 13.7. The molecule has 6 heteroatoms. The lowest BCUT2D eigenvalue weighted by molar-refractivity contribution is 0.0961. The molecule has 25 heavy (non-hydrogen) atoms. The molecule has 1 atom stereocenters. The molecular formula is C19H20FN3O2. The molecule has 1 heterocycles. The van der Waals surface area contributed by atoms with Crippen molar-refractivity contribution in [3.8, 4) is 5.75 Å². The Balaban J connectivity index is 1.67. The Morgan fingerprint density at radius 2 is 2.08 bits per heavy atom. The molecule has 0 spiro atoms. The fraction of sp³-hybridized carbons (Fsp3) is 0.421. The van der Waals surface area contributed by atoms with E-state index in [-0.39, 0.29) is 23.5 Å². The van der Waals surface area contributed by atoms with E-state index in [1.807, 2.05) is 0 Å². The maximum absolute atomic E-state index is 13.7. The first-order valence-corrected chi connectivity index (χ1v) is 8.59. The quantitative estimate of drug-likeness (QED) is 0.924. The number of hydrogen-bond acceptors (Lipinski definition) is 5. The minimum atomic E-state index is -0.334. The highest BCUT2D eigenvalue weighted by atomic mass is 19.1. The van der Waals surface area contributed by atoms with E-state index in [9.17, 15) is 9.18 Å². The number of fused-ring (bicyclic) bond motifs is 1. The molecule has 4 rings (SSSR count). The number of carbonyl (C=O) groups is 1. The summed E-state index contributed by atoms with van der Waals surface area (Å²) in [5.41, 5.74) is 8.47. The zero-order valence-corrected chi connectivity index (χ0v) is 14.1. The first kappa shape index (κ1) is 16.0. The standard InChI is InChI=1S/C19H20FN3O2/c1-10-18-15(23-19(21)22-10)6-12(7-16(18)24)14-5-4-13(20)8-17(14)25-9-11-2-3-11/h4-5,8,11-12H,2-3,6-7,9H2,1H3,(H2,21,22,23). The van der Waals surface area contributed by atoms with E-state index < -0.39 is 0 Å². The van der Waals surface area contributed by atoms with E-state index in [2.05, 4.69) is 9.97 Å². The van der Waals surface area contributed by atoms with Crippen LogP contribution in [-0.2, 0) is 6.42 Å². The Labute approximate surface area is 145 Å². The molecule has 1 aromatic heterocycles. The van der Waals surface area contributed by atoms with Crippen LogP contribution in [0.15, 0.2) is 18.2 Å². The molecule has 2 aliphatic rings. The molecule has 0 amide bonds. The Hall–Kier alpha value is -2.50. The summed E-state index contributed by atoms with van der Waals surface area (Å²) < 4.78 is 19.5. The van der Waals surface area contributed by atoms with Crippen LogP contribution >= 0.6 is 0 Å². The number of nitrogen functional groups attached to an aromatic ring is 1. The number of benzene rings is 1. The average Bonchev–Trinajstić information content (AvgIpc) is 3.36. The van der Waals surface area contributed by atoms with Gasteiger partial charge in [0.1, 0.15) is 11.6 Å². The molecule has 1 saturated carbocycles. The Bertz CT molecular complexity index is 849. The largest absolute Gasteiger partial charge is 0.493 e. The lowest BCUT2D eigenvalue weighted by Crippen LogP contribution is -2.23. The normalized spacial score (nSPS) is 19.6. The third-order valence-corrected chi connectivity index (χ3v) is 4.92. The summed E-state index contributed by atoms with van der Waals surface area (Å²) in [6, 6.07) is 4.55. The predicted molar refractivity (Wildman–Crippen MR) is 91.2 cm³/mol. The molecule has 1 unspecified atom stereocenters. The van der Waals surface area contributed by atoms with Gasteiger partial charge in [0.25, 0.3) is 0 Å². The van der Waals surface area contributed by atoms with Crippen LogP contribution in [0.3, 0.4) is 0 Å². The van der Waals surface area contributed by atoms with Gasteiger partial charge in [0, 0.05) is 18.4 Å². The number of nitrogens with two attached hydrogens (primary N) is 1. The summed E-state index contributed by atoms with van der Waals surface area (Å²) in [5, 5.41) is 0. The van der Waals surface area contributed by atoms with Gasteiger partial charge >= 0.3 is 0 Å². The van der Waals surface area contributed by atoms with Gasteiger partial charge in [-0.1, -0.05) is 6.07 Å². The van der Waals surface area contributed by atoms with Gasteiger partial charge in [-0.15, -0.1) is 0 Å². The highest BCUT2D eigenvalue weighted by Crippen LogP contribution is 2.38. The van der Waals surface area contributed by atoms with Crippen molar-refractivity contribution < 1.29 is 13.9 Å². The molecule has 0 aliphatic heterocycles. The Kier molecular flexibility index (Phi) is 3.90. The zero-order chi connectivity index (χ0) is 17.6. The van der Waals surface area contributed by atoms with Crippen molar-refractivity contribution in [2.24, 2.45) is 5.92 Å². The summed E-state index contributed by atoms with van der Waals surface area (Å²) in [7, 11) is 0. The van der Waals surface area contributed by atoms with Crippen LogP contribution in [0.25, 0.3) is 0 Å². The molecule has 2 aliphatic carbocycles. The summed E-state index contributed by atoms with van der Waals surface area (Å²) in [6.07, 6.45) is 3.23. The third-order valence-electron chi connectivity index (χ3n) is 4.92. The molecule has 0 saturated heterocycles. The van der Waals surface area contributed by atoms with Crippen molar-refractivity contribution in [2.45, 2.75) is 38.5 Å². The topological polar surface area (TPSA) is 78.1 Å². The van der Waals surface area contributed by atoms with Crippen LogP contribution in [-0.4, -0.2) is 22.4 Å². The number of aromatic nitrogens is 2. The van der Waals surface area contributed by atoms with Gasteiger partial charge < -0.3 is 10.5 Å². The van der Waals surface area contributed by atoms with Crippen LogP contribution in [0.1, 0.15) is 52.5 Å². The first-order chi connectivity index (χ1) is 12.0. The summed E-state index contributed by atoms with van der Waals surface area (Å²) in [5.74, 6) is 0.852. The van der Waals surface area contributed by atoms with Crippen LogP contribution in [0.2, 0.25) is 0 Å². The number of Topliss-reactive ketones (excluding diaryl/α,β-unsaturated/α-hetero) is 1. The van der Waals surface area contributed by atoms with Gasteiger partial charge in [-0.2, -0.15) is 0 Å². The lowest BCUT2D eigenvalue weighted by Gasteiger charge is -2.26. The van der Waals surface area contributed by atoms with Crippen molar-refractivity contribution in [2.75, 3.05) is 12.3 Å². The van der Waals surface area contributed by atoms with Crippen molar-refractivity contribution in [3.05, 3.63) is 46.5 Å².